The SMILES string of the molecule is CC1(C)c2ccccc2-c2c(N(c3ccc(-c4ccc5c(c4)oc4ccccc45)cc3)c3ccc(-c4ccc5ccccc5c4)c4oc5ccccc5c34)cccc21. The molecule has 0 saturated carbocycles. The maximum absolute atomic E-state index is 6.89. The Labute approximate surface area is 336 Å². The fourth-order valence-electron chi connectivity index (χ4n) is 9.62. The van der Waals surface area contributed by atoms with Gasteiger partial charge >= 0.3 is 0 Å². The molecular formula is C55H37NO2. The average Bonchev–Trinajstić information content (AvgIpc) is 3.92. The van der Waals surface area contributed by atoms with Gasteiger partial charge in [0.15, 0.2) is 0 Å². The van der Waals surface area contributed by atoms with Gasteiger partial charge < -0.3 is 13.7 Å². The van der Waals surface area contributed by atoms with Crippen LogP contribution in [0.1, 0.15) is 25.0 Å². The molecule has 0 spiro atoms. The summed E-state index contributed by atoms with van der Waals surface area (Å²) in [5.41, 5.74) is 16.3. The van der Waals surface area contributed by atoms with Crippen LogP contribution in [0, 0.1) is 0 Å². The minimum absolute atomic E-state index is 0.148. The molecule has 3 nitrogen and oxygen atoms in total. The van der Waals surface area contributed by atoms with Crippen LogP contribution in [0.5, 0.6) is 0 Å². The highest BCUT2D eigenvalue weighted by Crippen LogP contribution is 2.55. The first kappa shape index (κ1) is 32.8. The van der Waals surface area contributed by atoms with Crippen molar-refractivity contribution in [2.75, 3.05) is 4.90 Å². The number of rotatable bonds is 5. The summed E-state index contributed by atoms with van der Waals surface area (Å²) in [5, 5.41) is 6.87. The van der Waals surface area contributed by atoms with E-state index in [0.29, 0.717) is 0 Å². The van der Waals surface area contributed by atoms with E-state index in [2.05, 4.69) is 195 Å². The lowest BCUT2D eigenvalue weighted by Crippen LogP contribution is -2.16. The van der Waals surface area contributed by atoms with Crippen molar-refractivity contribution in [3.63, 3.8) is 0 Å². The summed E-state index contributed by atoms with van der Waals surface area (Å²) in [5.74, 6) is 0. The molecule has 12 rings (SSSR count). The van der Waals surface area contributed by atoms with E-state index in [0.717, 1.165) is 83.2 Å². The molecule has 11 aromatic rings. The Bertz CT molecular complexity index is 3440. The van der Waals surface area contributed by atoms with Crippen LogP contribution in [0.15, 0.2) is 197 Å². The molecule has 0 atom stereocenters. The molecule has 0 unspecified atom stereocenters. The van der Waals surface area contributed by atoms with Gasteiger partial charge in [0, 0.05) is 38.4 Å². The second kappa shape index (κ2) is 12.3. The van der Waals surface area contributed by atoms with Crippen molar-refractivity contribution < 1.29 is 8.83 Å². The molecule has 58 heavy (non-hydrogen) atoms. The number of anilines is 3. The van der Waals surface area contributed by atoms with Gasteiger partial charge in [-0.15, -0.1) is 0 Å². The van der Waals surface area contributed by atoms with E-state index in [1.54, 1.807) is 0 Å². The van der Waals surface area contributed by atoms with Crippen molar-refractivity contribution in [1.82, 2.24) is 0 Å². The van der Waals surface area contributed by atoms with Crippen LogP contribution in [-0.2, 0) is 5.41 Å². The summed E-state index contributed by atoms with van der Waals surface area (Å²) in [6, 6.07) is 67.7. The van der Waals surface area contributed by atoms with Gasteiger partial charge in [-0.1, -0.05) is 141 Å². The molecule has 2 aromatic heterocycles. The Morgan fingerprint density at radius 3 is 1.95 bits per heavy atom. The van der Waals surface area contributed by atoms with E-state index in [9.17, 15) is 0 Å². The molecule has 1 aliphatic carbocycles. The van der Waals surface area contributed by atoms with E-state index in [1.165, 1.54) is 33.0 Å². The fourth-order valence-corrected chi connectivity index (χ4v) is 9.62. The number of para-hydroxylation sites is 2. The predicted octanol–water partition coefficient (Wildman–Crippen LogP) is 15.7. The first-order valence-electron chi connectivity index (χ1n) is 20.0. The van der Waals surface area contributed by atoms with Gasteiger partial charge in [0.1, 0.15) is 22.3 Å². The van der Waals surface area contributed by atoms with Crippen molar-refractivity contribution in [3.05, 3.63) is 199 Å². The maximum Gasteiger partial charge on any atom is 0.145 e. The highest BCUT2D eigenvalue weighted by Gasteiger charge is 2.38. The van der Waals surface area contributed by atoms with Crippen molar-refractivity contribution in [3.8, 4) is 33.4 Å². The van der Waals surface area contributed by atoms with Crippen LogP contribution in [0.4, 0.5) is 17.1 Å². The molecule has 0 N–H and O–H groups in total. The number of furan rings is 2. The van der Waals surface area contributed by atoms with Gasteiger partial charge in [-0.25, -0.2) is 0 Å². The zero-order valence-corrected chi connectivity index (χ0v) is 32.2. The van der Waals surface area contributed by atoms with E-state index >= 15 is 0 Å². The first-order chi connectivity index (χ1) is 28.5. The third-order valence-electron chi connectivity index (χ3n) is 12.5. The predicted molar refractivity (Wildman–Crippen MR) is 242 cm³/mol. The number of hydrogen-bond acceptors (Lipinski definition) is 3. The van der Waals surface area contributed by atoms with Gasteiger partial charge in [0.2, 0.25) is 0 Å². The van der Waals surface area contributed by atoms with Crippen molar-refractivity contribution in [2.45, 2.75) is 19.3 Å². The standard InChI is InChI=1S/C55H37NO2/c1-55(2)45-17-8-5-15-43(45)52-46(55)18-11-19-47(52)56(39-27-24-35(25-28-39)37-26-29-42-41-14-6-9-20-49(41)57-51(42)33-37)48-31-30-40(38-23-22-34-12-3-4-13-36(34)32-38)54-53(48)44-16-7-10-21-50(44)58-54/h3-33H,1-2H3. The summed E-state index contributed by atoms with van der Waals surface area (Å²) in [7, 11) is 0. The quantitative estimate of drug-likeness (QED) is 0.176. The second-order valence-electron chi connectivity index (χ2n) is 16.1. The van der Waals surface area contributed by atoms with E-state index < -0.39 is 0 Å². The maximum atomic E-state index is 6.89. The van der Waals surface area contributed by atoms with E-state index in [4.69, 9.17) is 8.83 Å². The van der Waals surface area contributed by atoms with E-state index in [-0.39, 0.29) is 5.41 Å². The average molecular weight is 744 g/mol. The Morgan fingerprint density at radius 2 is 1.09 bits per heavy atom. The zero-order valence-electron chi connectivity index (χ0n) is 32.2. The van der Waals surface area contributed by atoms with Crippen LogP contribution in [0.25, 0.3) is 88.0 Å². The Morgan fingerprint density at radius 1 is 0.414 bits per heavy atom. The molecule has 1 aliphatic rings. The van der Waals surface area contributed by atoms with Gasteiger partial charge in [-0.05, 0) is 105 Å². The van der Waals surface area contributed by atoms with Gasteiger partial charge in [0.25, 0.3) is 0 Å². The third-order valence-corrected chi connectivity index (χ3v) is 12.5. The Kier molecular flexibility index (Phi) is 6.98. The molecule has 0 bridgehead atoms. The summed E-state index contributed by atoms with van der Waals surface area (Å²) in [4.78, 5) is 2.46. The van der Waals surface area contributed by atoms with Crippen LogP contribution in [0.2, 0.25) is 0 Å². The molecule has 0 amide bonds. The van der Waals surface area contributed by atoms with Gasteiger partial charge in [-0.3, -0.25) is 0 Å². The van der Waals surface area contributed by atoms with Crippen LogP contribution in [0.3, 0.4) is 0 Å². The molecule has 2 heterocycles. The van der Waals surface area contributed by atoms with Crippen LogP contribution < -0.4 is 4.90 Å². The first-order valence-corrected chi connectivity index (χ1v) is 20.0. The van der Waals surface area contributed by atoms with Gasteiger partial charge in [-0.2, -0.15) is 0 Å². The number of hydrogen-bond donors (Lipinski definition) is 0. The minimum Gasteiger partial charge on any atom is -0.456 e. The van der Waals surface area contributed by atoms with E-state index in [1.807, 2.05) is 12.1 Å². The lowest BCUT2D eigenvalue weighted by Gasteiger charge is -2.30. The third kappa shape index (κ3) is 4.80. The fraction of sp³-hybridized carbons (Fsp3) is 0.0545. The lowest BCUT2D eigenvalue weighted by molar-refractivity contribution is 0.660. The topological polar surface area (TPSA) is 29.5 Å². The highest BCUT2D eigenvalue weighted by molar-refractivity contribution is 6.18. The Balaban J connectivity index is 1.09. The van der Waals surface area contributed by atoms with Crippen molar-refractivity contribution in [2.24, 2.45) is 0 Å². The van der Waals surface area contributed by atoms with Crippen molar-refractivity contribution >= 4 is 71.7 Å². The summed E-state index contributed by atoms with van der Waals surface area (Å²) in [6.07, 6.45) is 0. The molecular weight excluding hydrogens is 707 g/mol. The summed E-state index contributed by atoms with van der Waals surface area (Å²) >= 11 is 0. The largest absolute Gasteiger partial charge is 0.456 e. The van der Waals surface area contributed by atoms with Gasteiger partial charge in [0.05, 0.1) is 16.8 Å². The zero-order chi connectivity index (χ0) is 38.5. The minimum atomic E-state index is -0.148. The number of nitrogens with zero attached hydrogens (tertiary/aromatic N) is 1. The smallest absolute Gasteiger partial charge is 0.145 e. The summed E-state index contributed by atoms with van der Waals surface area (Å²) in [6.45, 7) is 4.69. The molecule has 3 heteroatoms. The lowest BCUT2D eigenvalue weighted by atomic mass is 9.82. The summed E-state index contributed by atoms with van der Waals surface area (Å²) < 4.78 is 13.2. The van der Waals surface area contributed by atoms with Crippen LogP contribution >= 0.6 is 0 Å². The molecule has 0 fully saturated rings. The monoisotopic (exact) mass is 743 g/mol. The highest BCUT2D eigenvalue weighted by atomic mass is 16.3. The molecule has 274 valence electrons. The number of fused-ring (bicyclic) bond motifs is 10. The molecule has 0 radical (unpaired) electrons. The van der Waals surface area contributed by atoms with Crippen LogP contribution in [-0.4, -0.2) is 0 Å². The van der Waals surface area contributed by atoms with Crippen molar-refractivity contribution in [1.29, 1.82) is 0 Å². The number of benzene rings is 9. The molecule has 9 aromatic carbocycles. The molecule has 0 saturated heterocycles. The second-order valence-corrected chi connectivity index (χ2v) is 16.1. The normalized spacial score (nSPS) is 13.1. The Hall–Kier alpha value is -7.36. The molecule has 0 aliphatic heterocycles.